The zero-order valence-electron chi connectivity index (χ0n) is 13.6. The second-order valence-corrected chi connectivity index (χ2v) is 5.81. The van der Waals surface area contributed by atoms with E-state index in [1.165, 1.54) is 29.2 Å². The lowest BCUT2D eigenvalue weighted by molar-refractivity contribution is -0.892. The molecule has 1 aromatic carbocycles. The maximum atomic E-state index is 12.1. The van der Waals surface area contributed by atoms with E-state index < -0.39 is 4.92 Å². The first-order valence-corrected chi connectivity index (χ1v) is 8.01. The van der Waals surface area contributed by atoms with Crippen LogP contribution in [0.2, 0.25) is 0 Å². The van der Waals surface area contributed by atoms with Crippen LogP contribution in [-0.4, -0.2) is 53.5 Å². The van der Waals surface area contributed by atoms with Gasteiger partial charge in [-0.05, 0) is 18.2 Å². The van der Waals surface area contributed by atoms with Crippen LogP contribution in [0.25, 0.3) is 0 Å². The topological polar surface area (TPSA) is 106 Å². The van der Waals surface area contributed by atoms with Crippen LogP contribution < -0.4 is 15.1 Å². The molecule has 0 spiro atoms. The highest BCUT2D eigenvalue weighted by molar-refractivity contribution is 5.91. The van der Waals surface area contributed by atoms with Crippen molar-refractivity contribution in [3.63, 3.8) is 0 Å². The second-order valence-electron chi connectivity index (χ2n) is 5.81. The molecule has 2 N–H and O–H groups in total. The first-order valence-electron chi connectivity index (χ1n) is 8.01. The van der Waals surface area contributed by atoms with E-state index in [2.05, 4.69) is 20.2 Å². The number of nitrogens with one attached hydrogen (secondary N) is 2. The lowest BCUT2D eigenvalue weighted by Crippen LogP contribution is -3.15. The van der Waals surface area contributed by atoms with Crippen molar-refractivity contribution >= 4 is 23.2 Å². The van der Waals surface area contributed by atoms with E-state index in [1.807, 2.05) is 0 Å². The maximum Gasteiger partial charge on any atom is 0.279 e. The van der Waals surface area contributed by atoms with E-state index in [-0.39, 0.29) is 11.6 Å². The van der Waals surface area contributed by atoms with Crippen molar-refractivity contribution in [1.82, 2.24) is 9.97 Å². The number of anilines is 2. The van der Waals surface area contributed by atoms with Crippen molar-refractivity contribution in [3.8, 4) is 0 Å². The number of hydrogen-bond donors (Lipinski definition) is 2. The summed E-state index contributed by atoms with van der Waals surface area (Å²) in [4.78, 5) is 34.1. The molecule has 2 aromatic rings. The van der Waals surface area contributed by atoms with Gasteiger partial charge in [-0.15, -0.1) is 0 Å². The van der Waals surface area contributed by atoms with Gasteiger partial charge in [-0.1, -0.05) is 0 Å². The number of nitro groups is 1. The molecule has 0 unspecified atom stereocenters. The standard InChI is InChI=1S/C16H18N6O3/c23-15(19-13-2-4-14(5-3-13)22(24)25)12-20-8-10-21(11-9-20)16-17-6-1-7-18-16/h1-7H,8-12H2,(H,19,23)/p+1. The SMILES string of the molecule is O=C(C[NH+]1CCN(c2ncccn2)CC1)Nc1ccc([N+](=O)[O-])cc1. The summed E-state index contributed by atoms with van der Waals surface area (Å²) in [5, 5.41) is 13.4. The van der Waals surface area contributed by atoms with Crippen molar-refractivity contribution in [2.75, 3.05) is 42.9 Å². The summed E-state index contributed by atoms with van der Waals surface area (Å²) in [7, 11) is 0. The number of carbonyl (C=O) groups is 1. The molecule has 0 atom stereocenters. The Balaban J connectivity index is 1.47. The molecule has 0 saturated carbocycles. The average molecular weight is 343 g/mol. The van der Waals surface area contributed by atoms with Crippen LogP contribution in [0.5, 0.6) is 0 Å². The van der Waals surface area contributed by atoms with E-state index in [0.29, 0.717) is 12.2 Å². The van der Waals surface area contributed by atoms with Crippen LogP contribution in [0, 0.1) is 10.1 Å². The number of rotatable bonds is 5. The Labute approximate surface area is 144 Å². The number of benzene rings is 1. The molecule has 1 aliphatic heterocycles. The number of quaternary nitrogens is 1. The third kappa shape index (κ3) is 4.48. The fourth-order valence-electron chi connectivity index (χ4n) is 2.75. The Bertz CT molecular complexity index is 729. The van der Waals surface area contributed by atoms with Crippen LogP contribution in [0.15, 0.2) is 42.7 Å². The fourth-order valence-corrected chi connectivity index (χ4v) is 2.75. The third-order valence-electron chi connectivity index (χ3n) is 4.08. The van der Waals surface area contributed by atoms with E-state index in [9.17, 15) is 14.9 Å². The van der Waals surface area contributed by atoms with E-state index in [1.54, 1.807) is 18.5 Å². The highest BCUT2D eigenvalue weighted by Crippen LogP contribution is 2.15. The molecule has 0 aliphatic carbocycles. The number of piperazine rings is 1. The molecule has 3 rings (SSSR count). The molecule has 130 valence electrons. The highest BCUT2D eigenvalue weighted by atomic mass is 16.6. The number of amides is 1. The number of non-ortho nitro benzene ring substituents is 1. The van der Waals surface area contributed by atoms with Crippen molar-refractivity contribution in [2.45, 2.75) is 0 Å². The lowest BCUT2D eigenvalue weighted by Gasteiger charge is -2.31. The number of nitrogens with zero attached hydrogens (tertiary/aromatic N) is 4. The van der Waals surface area contributed by atoms with Crippen LogP contribution in [-0.2, 0) is 4.79 Å². The summed E-state index contributed by atoms with van der Waals surface area (Å²) < 4.78 is 0. The molecule has 0 radical (unpaired) electrons. The van der Waals surface area contributed by atoms with E-state index in [4.69, 9.17) is 0 Å². The Kier molecular flexibility index (Phi) is 5.14. The zero-order chi connectivity index (χ0) is 17.6. The summed E-state index contributed by atoms with van der Waals surface area (Å²) in [5.74, 6) is 0.616. The Morgan fingerprint density at radius 2 is 1.84 bits per heavy atom. The Hall–Kier alpha value is -3.07. The summed E-state index contributed by atoms with van der Waals surface area (Å²) in [6.07, 6.45) is 3.44. The Morgan fingerprint density at radius 3 is 2.44 bits per heavy atom. The molecule has 9 nitrogen and oxygen atoms in total. The van der Waals surface area contributed by atoms with Gasteiger partial charge >= 0.3 is 0 Å². The first kappa shape index (κ1) is 16.8. The minimum atomic E-state index is -0.467. The van der Waals surface area contributed by atoms with Gasteiger partial charge < -0.3 is 15.1 Å². The summed E-state index contributed by atoms with van der Waals surface area (Å²) in [6, 6.07) is 7.61. The minimum Gasteiger partial charge on any atom is -0.330 e. The van der Waals surface area contributed by atoms with Gasteiger partial charge in [-0.2, -0.15) is 0 Å². The molecule has 2 heterocycles. The molecule has 1 saturated heterocycles. The van der Waals surface area contributed by atoms with E-state index in [0.717, 1.165) is 32.1 Å². The Morgan fingerprint density at radius 1 is 1.20 bits per heavy atom. The molecule has 1 amide bonds. The van der Waals surface area contributed by atoms with E-state index >= 15 is 0 Å². The second kappa shape index (κ2) is 7.67. The largest absolute Gasteiger partial charge is 0.330 e. The van der Waals surface area contributed by atoms with Crippen LogP contribution in [0.4, 0.5) is 17.3 Å². The molecule has 1 aliphatic rings. The van der Waals surface area contributed by atoms with Gasteiger partial charge in [-0.25, -0.2) is 9.97 Å². The summed E-state index contributed by atoms with van der Waals surface area (Å²) >= 11 is 0. The van der Waals surface area contributed by atoms with Gasteiger partial charge in [0.05, 0.1) is 31.1 Å². The molecular weight excluding hydrogens is 324 g/mol. The number of hydrogen-bond acceptors (Lipinski definition) is 6. The predicted octanol–water partition coefficient (Wildman–Crippen LogP) is -0.272. The van der Waals surface area contributed by atoms with Gasteiger partial charge in [-0.3, -0.25) is 14.9 Å². The van der Waals surface area contributed by atoms with Crippen molar-refractivity contribution < 1.29 is 14.6 Å². The third-order valence-corrected chi connectivity index (χ3v) is 4.08. The normalized spacial score (nSPS) is 15.0. The molecule has 25 heavy (non-hydrogen) atoms. The fraction of sp³-hybridized carbons (Fsp3) is 0.312. The zero-order valence-corrected chi connectivity index (χ0v) is 13.6. The molecule has 9 heteroatoms. The van der Waals surface area contributed by atoms with Crippen molar-refractivity contribution in [3.05, 3.63) is 52.8 Å². The molecule has 1 fully saturated rings. The molecule has 0 bridgehead atoms. The average Bonchev–Trinajstić information content (AvgIpc) is 2.63. The molecule has 1 aromatic heterocycles. The lowest BCUT2D eigenvalue weighted by atomic mass is 10.2. The van der Waals surface area contributed by atoms with Crippen LogP contribution in [0.3, 0.4) is 0 Å². The minimum absolute atomic E-state index is 0.00266. The van der Waals surface area contributed by atoms with Gasteiger partial charge in [0.25, 0.3) is 11.6 Å². The van der Waals surface area contributed by atoms with Gasteiger partial charge in [0, 0.05) is 30.2 Å². The van der Waals surface area contributed by atoms with Gasteiger partial charge in [0.15, 0.2) is 6.54 Å². The van der Waals surface area contributed by atoms with Crippen molar-refractivity contribution in [1.29, 1.82) is 0 Å². The number of nitro benzene ring substituents is 1. The smallest absolute Gasteiger partial charge is 0.279 e. The number of aromatic nitrogens is 2. The quantitative estimate of drug-likeness (QED) is 0.572. The van der Waals surface area contributed by atoms with Gasteiger partial charge in [0.2, 0.25) is 5.95 Å². The highest BCUT2D eigenvalue weighted by Gasteiger charge is 2.23. The monoisotopic (exact) mass is 343 g/mol. The molecular formula is C16H19N6O3+. The van der Waals surface area contributed by atoms with Gasteiger partial charge in [0.1, 0.15) is 0 Å². The summed E-state index contributed by atoms with van der Waals surface area (Å²) in [6.45, 7) is 3.60. The predicted molar refractivity (Wildman–Crippen MR) is 91.5 cm³/mol. The first-order chi connectivity index (χ1) is 12.1. The van der Waals surface area contributed by atoms with Crippen LogP contribution >= 0.6 is 0 Å². The summed E-state index contributed by atoms with van der Waals surface area (Å²) in [5.41, 5.74) is 0.564. The van der Waals surface area contributed by atoms with Crippen molar-refractivity contribution in [2.24, 2.45) is 0 Å². The van der Waals surface area contributed by atoms with Crippen LogP contribution in [0.1, 0.15) is 0 Å². The number of carbonyl (C=O) groups excluding carboxylic acids is 1. The maximum absolute atomic E-state index is 12.1.